The molecule has 0 saturated carbocycles. The van der Waals surface area contributed by atoms with Gasteiger partial charge in [0, 0.05) is 11.3 Å². The number of aryl methyl sites for hydroxylation is 1. The zero-order valence-corrected chi connectivity index (χ0v) is 14.7. The van der Waals surface area contributed by atoms with Gasteiger partial charge in [-0.15, -0.1) is 0 Å². The van der Waals surface area contributed by atoms with Gasteiger partial charge in [0.15, 0.2) is 11.5 Å². The lowest BCUT2D eigenvalue weighted by molar-refractivity contribution is 0.0695. The second-order valence-corrected chi connectivity index (χ2v) is 5.64. The number of ether oxygens (including phenoxy) is 2. The summed E-state index contributed by atoms with van der Waals surface area (Å²) in [5, 5.41) is 9.32. The van der Waals surface area contributed by atoms with Gasteiger partial charge < -0.3 is 18.9 Å². The Morgan fingerprint density at radius 2 is 2.07 bits per heavy atom. The highest BCUT2D eigenvalue weighted by atomic mass is 16.6. The molecule has 2 heterocycles. The molecule has 3 rings (SSSR count). The van der Waals surface area contributed by atoms with Gasteiger partial charge in [-0.2, -0.15) is 5.26 Å². The van der Waals surface area contributed by atoms with Crippen molar-refractivity contribution < 1.29 is 18.7 Å². The number of esters is 1. The number of pyridine rings is 1. The van der Waals surface area contributed by atoms with E-state index in [1.165, 1.54) is 12.3 Å². The Bertz CT molecular complexity index is 1070. The average Bonchev–Trinajstić information content (AvgIpc) is 3.17. The summed E-state index contributed by atoms with van der Waals surface area (Å²) in [7, 11) is 0. The number of nitriles is 1. The van der Waals surface area contributed by atoms with Gasteiger partial charge in [-0.25, -0.2) is 4.79 Å². The third-order valence-electron chi connectivity index (χ3n) is 3.76. The van der Waals surface area contributed by atoms with Crippen LogP contribution in [0.25, 0.3) is 11.1 Å². The highest BCUT2D eigenvalue weighted by Crippen LogP contribution is 2.34. The van der Waals surface area contributed by atoms with Crippen LogP contribution in [0.2, 0.25) is 0 Å². The Morgan fingerprint density at radius 3 is 2.74 bits per heavy atom. The molecule has 0 fully saturated rings. The van der Waals surface area contributed by atoms with Crippen LogP contribution in [0.1, 0.15) is 28.7 Å². The number of furan rings is 1. The summed E-state index contributed by atoms with van der Waals surface area (Å²) in [5.41, 5.74) is 1.24. The van der Waals surface area contributed by atoms with Crippen LogP contribution in [-0.2, 0) is 0 Å². The van der Waals surface area contributed by atoms with Crippen LogP contribution in [0, 0.1) is 18.3 Å². The van der Waals surface area contributed by atoms with E-state index in [0.717, 1.165) is 0 Å². The molecule has 1 N–H and O–H groups in total. The van der Waals surface area contributed by atoms with Gasteiger partial charge in [-0.3, -0.25) is 4.79 Å². The topological polar surface area (TPSA) is 105 Å². The van der Waals surface area contributed by atoms with Crippen LogP contribution in [0.4, 0.5) is 0 Å². The number of hydrogen-bond acceptors (Lipinski definition) is 6. The Labute approximate surface area is 154 Å². The minimum Gasteiger partial charge on any atom is -0.490 e. The van der Waals surface area contributed by atoms with Gasteiger partial charge in [0.1, 0.15) is 11.6 Å². The van der Waals surface area contributed by atoms with E-state index < -0.39 is 11.5 Å². The molecule has 0 unspecified atom stereocenters. The molecule has 1 aromatic carbocycles. The summed E-state index contributed by atoms with van der Waals surface area (Å²) in [4.78, 5) is 26.8. The van der Waals surface area contributed by atoms with Crippen LogP contribution in [-0.4, -0.2) is 17.6 Å². The Balaban J connectivity index is 2.03. The zero-order valence-electron chi connectivity index (χ0n) is 14.7. The van der Waals surface area contributed by atoms with E-state index in [2.05, 4.69) is 4.98 Å². The van der Waals surface area contributed by atoms with Crippen LogP contribution in [0.15, 0.2) is 51.9 Å². The molecule has 0 spiro atoms. The summed E-state index contributed by atoms with van der Waals surface area (Å²) in [6.45, 7) is 3.87. The number of rotatable bonds is 5. The number of nitrogens with zero attached hydrogens (tertiary/aromatic N) is 1. The smallest absolute Gasteiger partial charge is 0.379 e. The monoisotopic (exact) mass is 364 g/mol. The third-order valence-corrected chi connectivity index (χ3v) is 3.76. The molecule has 2 aromatic heterocycles. The van der Waals surface area contributed by atoms with Gasteiger partial charge in [0.25, 0.3) is 5.56 Å². The quantitative estimate of drug-likeness (QED) is 0.549. The molecular weight excluding hydrogens is 348 g/mol. The average molecular weight is 364 g/mol. The van der Waals surface area contributed by atoms with E-state index >= 15 is 0 Å². The fourth-order valence-electron chi connectivity index (χ4n) is 2.60. The van der Waals surface area contributed by atoms with Crippen molar-refractivity contribution in [3.8, 4) is 28.7 Å². The lowest BCUT2D eigenvalue weighted by atomic mass is 10.0. The van der Waals surface area contributed by atoms with E-state index in [1.54, 1.807) is 44.2 Å². The fourth-order valence-corrected chi connectivity index (χ4v) is 2.60. The van der Waals surface area contributed by atoms with Crippen LogP contribution in [0.5, 0.6) is 11.5 Å². The van der Waals surface area contributed by atoms with Crippen LogP contribution in [0.3, 0.4) is 0 Å². The lowest BCUT2D eigenvalue weighted by Gasteiger charge is -2.13. The maximum absolute atomic E-state index is 12.1. The Kier molecular flexibility index (Phi) is 5.08. The lowest BCUT2D eigenvalue weighted by Crippen LogP contribution is -2.13. The minimum atomic E-state index is -0.654. The SMILES string of the molecule is CCOc1cc(-c2cc(C)[nH]c(=O)c2C#N)ccc1OC(=O)c1ccco1. The molecule has 0 aliphatic heterocycles. The maximum atomic E-state index is 12.1. The van der Waals surface area contributed by atoms with Crippen molar-refractivity contribution >= 4 is 5.97 Å². The van der Waals surface area contributed by atoms with Crippen molar-refractivity contribution in [3.05, 3.63) is 70.0 Å². The molecule has 0 saturated heterocycles. The first-order valence-corrected chi connectivity index (χ1v) is 8.20. The summed E-state index contributed by atoms with van der Waals surface area (Å²) in [6.07, 6.45) is 1.38. The fraction of sp³-hybridized carbons (Fsp3) is 0.150. The summed E-state index contributed by atoms with van der Waals surface area (Å²) >= 11 is 0. The van der Waals surface area contributed by atoms with Crippen LogP contribution < -0.4 is 15.0 Å². The van der Waals surface area contributed by atoms with Crippen molar-refractivity contribution in [1.82, 2.24) is 4.98 Å². The first-order chi connectivity index (χ1) is 13.0. The Morgan fingerprint density at radius 1 is 1.26 bits per heavy atom. The third kappa shape index (κ3) is 3.75. The summed E-state index contributed by atoms with van der Waals surface area (Å²) < 4.78 is 15.9. The molecule has 136 valence electrons. The summed E-state index contributed by atoms with van der Waals surface area (Å²) in [6, 6.07) is 11.6. The van der Waals surface area contributed by atoms with Gasteiger partial charge >= 0.3 is 5.97 Å². The van der Waals surface area contributed by atoms with Gasteiger partial charge in [0.2, 0.25) is 5.76 Å². The van der Waals surface area contributed by atoms with Crippen molar-refractivity contribution in [2.24, 2.45) is 0 Å². The van der Waals surface area contributed by atoms with Gasteiger partial charge in [0.05, 0.1) is 12.9 Å². The number of hydrogen-bond donors (Lipinski definition) is 1. The number of carbonyl (C=O) groups is 1. The molecule has 7 nitrogen and oxygen atoms in total. The largest absolute Gasteiger partial charge is 0.490 e. The molecule has 0 radical (unpaired) electrons. The summed E-state index contributed by atoms with van der Waals surface area (Å²) in [5.74, 6) is -0.0595. The predicted octanol–water partition coefficient (Wildman–Crippen LogP) is 3.43. The second-order valence-electron chi connectivity index (χ2n) is 5.64. The highest BCUT2D eigenvalue weighted by Gasteiger charge is 2.17. The first kappa shape index (κ1) is 18.0. The number of carbonyl (C=O) groups excluding carboxylic acids is 1. The molecule has 0 aliphatic carbocycles. The van der Waals surface area contributed by atoms with E-state index in [-0.39, 0.29) is 17.1 Å². The van der Waals surface area contributed by atoms with Crippen molar-refractivity contribution in [2.45, 2.75) is 13.8 Å². The van der Waals surface area contributed by atoms with E-state index in [1.807, 2.05) is 6.07 Å². The number of aromatic amines is 1. The van der Waals surface area contributed by atoms with E-state index in [9.17, 15) is 14.9 Å². The second kappa shape index (κ2) is 7.62. The molecule has 0 bridgehead atoms. The van der Waals surface area contributed by atoms with E-state index in [4.69, 9.17) is 13.9 Å². The zero-order chi connectivity index (χ0) is 19.4. The van der Waals surface area contributed by atoms with Crippen molar-refractivity contribution in [1.29, 1.82) is 5.26 Å². The highest BCUT2D eigenvalue weighted by molar-refractivity contribution is 5.88. The van der Waals surface area contributed by atoms with Crippen molar-refractivity contribution in [2.75, 3.05) is 6.61 Å². The molecule has 27 heavy (non-hydrogen) atoms. The normalized spacial score (nSPS) is 10.3. The number of benzene rings is 1. The van der Waals surface area contributed by atoms with Gasteiger partial charge in [-0.05, 0) is 49.7 Å². The van der Waals surface area contributed by atoms with Crippen LogP contribution >= 0.6 is 0 Å². The van der Waals surface area contributed by atoms with Crippen molar-refractivity contribution in [3.63, 3.8) is 0 Å². The number of aromatic nitrogens is 1. The Hall–Kier alpha value is -3.79. The maximum Gasteiger partial charge on any atom is 0.379 e. The number of nitrogens with one attached hydrogen (secondary N) is 1. The minimum absolute atomic E-state index is 0.00313. The molecule has 7 heteroatoms. The number of H-pyrrole nitrogens is 1. The molecule has 0 aliphatic rings. The first-order valence-electron chi connectivity index (χ1n) is 8.20. The molecular formula is C20H16N2O5. The molecule has 0 amide bonds. The van der Waals surface area contributed by atoms with Gasteiger partial charge in [-0.1, -0.05) is 6.07 Å². The molecule has 0 atom stereocenters. The van der Waals surface area contributed by atoms with E-state index in [0.29, 0.717) is 29.2 Å². The predicted molar refractivity (Wildman–Crippen MR) is 96.8 cm³/mol. The standard InChI is InChI=1S/C20H16N2O5/c1-3-25-18-10-13(14-9-12(2)22-19(23)15(14)11-21)6-7-16(18)27-20(24)17-5-4-8-26-17/h4-10H,3H2,1-2H3,(H,22,23). The molecule has 3 aromatic rings.